The summed E-state index contributed by atoms with van der Waals surface area (Å²) in [6, 6.07) is 6.89. The highest BCUT2D eigenvalue weighted by Gasteiger charge is 2.17. The number of ether oxygens (including phenoxy) is 1. The van der Waals surface area contributed by atoms with Crippen LogP contribution in [-0.2, 0) is 11.3 Å². The van der Waals surface area contributed by atoms with E-state index < -0.39 is 0 Å². The van der Waals surface area contributed by atoms with Gasteiger partial charge in [-0.05, 0) is 24.5 Å². The minimum Gasteiger partial charge on any atom is -0.383 e. The van der Waals surface area contributed by atoms with Crippen molar-refractivity contribution >= 4 is 46.0 Å². The van der Waals surface area contributed by atoms with Gasteiger partial charge in [0, 0.05) is 24.3 Å². The van der Waals surface area contributed by atoms with Gasteiger partial charge in [-0.1, -0.05) is 41.0 Å². The molecule has 0 N–H and O–H groups in total. The molecule has 1 aromatic carbocycles. The first-order valence-corrected chi connectivity index (χ1v) is 9.42. The molecule has 0 bridgehead atoms. The summed E-state index contributed by atoms with van der Waals surface area (Å²) in [5.74, 6) is 0. The first-order valence-electron chi connectivity index (χ1n) is 7.44. The fourth-order valence-electron chi connectivity index (χ4n) is 2.57. The number of methoxy groups -OCH3 is 1. The lowest BCUT2D eigenvalue weighted by Gasteiger charge is -2.14. The molecule has 130 valence electrons. The number of fused-ring (bicyclic) bond motifs is 1. The summed E-state index contributed by atoms with van der Waals surface area (Å²) in [4.78, 5) is 21.9. The molecule has 0 spiro atoms. The van der Waals surface area contributed by atoms with E-state index in [0.717, 1.165) is 5.39 Å². The third-order valence-corrected chi connectivity index (χ3v) is 4.93. The van der Waals surface area contributed by atoms with Crippen LogP contribution in [0.3, 0.4) is 0 Å². The van der Waals surface area contributed by atoms with Crippen molar-refractivity contribution in [2.45, 2.75) is 11.7 Å². The fraction of sp³-hybridized carbons (Fsp3) is 0.235. The smallest absolute Gasteiger partial charge is 0.260 e. The van der Waals surface area contributed by atoms with Gasteiger partial charge in [0.05, 0.1) is 28.8 Å². The standard InChI is InChI=1S/C17H15Cl2N3O2S/c1-24-7-6-22-15-10(9-20-17(21-15)25-2)8-11(16(22)23)14-12(18)4-3-5-13(14)19/h3-5,8-9H,6-7H2,1-2H3. The van der Waals surface area contributed by atoms with Gasteiger partial charge in [-0.3, -0.25) is 9.36 Å². The number of thioether (sulfide) groups is 1. The summed E-state index contributed by atoms with van der Waals surface area (Å²) in [5, 5.41) is 2.17. The molecule has 0 aliphatic carbocycles. The SMILES string of the molecule is COCCn1c(=O)c(-c2c(Cl)cccc2Cl)cc2cnc(SC)nc21. The van der Waals surface area contributed by atoms with Gasteiger partial charge in [0.25, 0.3) is 5.56 Å². The van der Waals surface area contributed by atoms with E-state index in [2.05, 4.69) is 9.97 Å². The number of pyridine rings is 1. The number of rotatable bonds is 5. The van der Waals surface area contributed by atoms with Crippen LogP contribution >= 0.6 is 35.0 Å². The summed E-state index contributed by atoms with van der Waals surface area (Å²) < 4.78 is 6.72. The molecule has 2 aromatic heterocycles. The first-order chi connectivity index (χ1) is 12.1. The maximum Gasteiger partial charge on any atom is 0.260 e. The Hall–Kier alpha value is -1.60. The molecule has 25 heavy (non-hydrogen) atoms. The van der Waals surface area contributed by atoms with Gasteiger partial charge < -0.3 is 4.74 Å². The van der Waals surface area contributed by atoms with Crippen molar-refractivity contribution in [2.24, 2.45) is 0 Å². The highest BCUT2D eigenvalue weighted by atomic mass is 35.5. The minimum absolute atomic E-state index is 0.217. The lowest BCUT2D eigenvalue weighted by Crippen LogP contribution is -2.25. The molecular formula is C17H15Cl2N3O2S. The Morgan fingerprint density at radius 3 is 2.64 bits per heavy atom. The largest absolute Gasteiger partial charge is 0.383 e. The van der Waals surface area contributed by atoms with Crippen LogP contribution in [0, 0.1) is 0 Å². The third-order valence-electron chi connectivity index (χ3n) is 3.74. The highest BCUT2D eigenvalue weighted by Crippen LogP contribution is 2.33. The molecule has 0 saturated heterocycles. The summed E-state index contributed by atoms with van der Waals surface area (Å²) in [6.45, 7) is 0.750. The zero-order chi connectivity index (χ0) is 18.0. The normalized spacial score (nSPS) is 11.2. The van der Waals surface area contributed by atoms with Crippen molar-refractivity contribution in [3.05, 3.63) is 50.9 Å². The molecule has 8 heteroatoms. The second kappa shape index (κ2) is 7.74. The Morgan fingerprint density at radius 2 is 2.00 bits per heavy atom. The van der Waals surface area contributed by atoms with Crippen molar-refractivity contribution in [3.63, 3.8) is 0 Å². The molecule has 0 atom stereocenters. The van der Waals surface area contributed by atoms with Crippen LogP contribution in [0.2, 0.25) is 10.0 Å². The Morgan fingerprint density at radius 1 is 1.28 bits per heavy atom. The fourth-order valence-corrected chi connectivity index (χ4v) is 3.50. The van der Waals surface area contributed by atoms with Crippen LogP contribution in [0.4, 0.5) is 0 Å². The van der Waals surface area contributed by atoms with E-state index in [4.69, 9.17) is 27.9 Å². The Kier molecular flexibility index (Phi) is 5.64. The van der Waals surface area contributed by atoms with Crippen LogP contribution in [0.15, 0.2) is 40.4 Å². The topological polar surface area (TPSA) is 57.0 Å². The van der Waals surface area contributed by atoms with Gasteiger partial charge in [-0.15, -0.1) is 0 Å². The first kappa shape index (κ1) is 18.2. The molecule has 0 radical (unpaired) electrons. The van der Waals surface area contributed by atoms with Crippen LogP contribution in [0.25, 0.3) is 22.2 Å². The Balaban J connectivity index is 2.34. The molecule has 0 amide bonds. The number of nitrogens with zero attached hydrogens (tertiary/aromatic N) is 3. The molecule has 0 aliphatic rings. The van der Waals surface area contributed by atoms with E-state index in [1.165, 1.54) is 11.8 Å². The molecule has 3 aromatic rings. The van der Waals surface area contributed by atoms with Crippen molar-refractivity contribution in [3.8, 4) is 11.1 Å². The Bertz CT molecular complexity index is 971. The van der Waals surface area contributed by atoms with Crippen LogP contribution < -0.4 is 5.56 Å². The monoisotopic (exact) mass is 395 g/mol. The second-order valence-electron chi connectivity index (χ2n) is 5.24. The lowest BCUT2D eigenvalue weighted by atomic mass is 10.1. The number of aromatic nitrogens is 3. The molecule has 3 rings (SSSR count). The maximum absolute atomic E-state index is 13.1. The summed E-state index contributed by atoms with van der Waals surface area (Å²) >= 11 is 14.0. The van der Waals surface area contributed by atoms with Crippen molar-refractivity contribution < 1.29 is 4.74 Å². The summed E-state index contributed by atoms with van der Waals surface area (Å²) in [5.41, 5.74) is 1.27. The van der Waals surface area contributed by atoms with Gasteiger partial charge in [-0.2, -0.15) is 0 Å². The van der Waals surface area contributed by atoms with E-state index in [9.17, 15) is 4.79 Å². The zero-order valence-corrected chi connectivity index (χ0v) is 16.0. The predicted molar refractivity (Wildman–Crippen MR) is 103 cm³/mol. The van der Waals surface area contributed by atoms with Crippen LogP contribution in [0.5, 0.6) is 0 Å². The van der Waals surface area contributed by atoms with Crippen molar-refractivity contribution in [2.75, 3.05) is 20.0 Å². The van der Waals surface area contributed by atoms with Gasteiger partial charge >= 0.3 is 0 Å². The molecular weight excluding hydrogens is 381 g/mol. The molecule has 0 fully saturated rings. The van der Waals surface area contributed by atoms with E-state index in [1.807, 2.05) is 6.26 Å². The number of halogens is 2. The van der Waals surface area contributed by atoms with E-state index in [0.29, 0.717) is 45.1 Å². The van der Waals surface area contributed by atoms with Crippen molar-refractivity contribution in [1.29, 1.82) is 0 Å². The average Bonchev–Trinajstić information content (AvgIpc) is 2.61. The van der Waals surface area contributed by atoms with Gasteiger partial charge in [-0.25, -0.2) is 9.97 Å². The zero-order valence-electron chi connectivity index (χ0n) is 13.6. The van der Waals surface area contributed by atoms with E-state index in [-0.39, 0.29) is 5.56 Å². The van der Waals surface area contributed by atoms with Gasteiger partial charge in [0.2, 0.25) is 0 Å². The predicted octanol–water partition coefficient (Wildman–Crippen LogP) is 4.13. The summed E-state index contributed by atoms with van der Waals surface area (Å²) in [6.07, 6.45) is 3.59. The lowest BCUT2D eigenvalue weighted by molar-refractivity contribution is 0.187. The molecule has 5 nitrogen and oxygen atoms in total. The quantitative estimate of drug-likeness (QED) is 0.479. The molecule has 0 aliphatic heterocycles. The molecule has 2 heterocycles. The van der Waals surface area contributed by atoms with Gasteiger partial charge in [0.1, 0.15) is 5.65 Å². The number of benzene rings is 1. The van der Waals surface area contributed by atoms with E-state index >= 15 is 0 Å². The maximum atomic E-state index is 13.1. The summed E-state index contributed by atoms with van der Waals surface area (Å²) in [7, 11) is 1.59. The highest BCUT2D eigenvalue weighted by molar-refractivity contribution is 7.98. The van der Waals surface area contributed by atoms with Gasteiger partial charge in [0.15, 0.2) is 5.16 Å². The molecule has 0 unspecified atom stereocenters. The van der Waals surface area contributed by atoms with Crippen LogP contribution in [-0.4, -0.2) is 34.5 Å². The average molecular weight is 396 g/mol. The molecule has 0 saturated carbocycles. The number of hydrogen-bond acceptors (Lipinski definition) is 5. The van der Waals surface area contributed by atoms with E-state index in [1.54, 1.807) is 42.1 Å². The Labute approximate surface area is 159 Å². The van der Waals surface area contributed by atoms with Crippen molar-refractivity contribution in [1.82, 2.24) is 14.5 Å². The minimum atomic E-state index is -0.217. The number of hydrogen-bond donors (Lipinski definition) is 0. The second-order valence-corrected chi connectivity index (χ2v) is 6.83. The van der Waals surface area contributed by atoms with Crippen LogP contribution in [0.1, 0.15) is 0 Å². The third kappa shape index (κ3) is 3.53.